The Labute approximate surface area is 167 Å². The van der Waals surface area contributed by atoms with Gasteiger partial charge in [0.1, 0.15) is 11.0 Å². The molecule has 2 N–H and O–H groups in total. The summed E-state index contributed by atoms with van der Waals surface area (Å²) in [5.74, 6) is -0.562. The van der Waals surface area contributed by atoms with Gasteiger partial charge in [0.2, 0.25) is 11.8 Å². The van der Waals surface area contributed by atoms with Crippen molar-refractivity contribution in [2.45, 2.75) is 50.0 Å². The van der Waals surface area contributed by atoms with Gasteiger partial charge in [-0.15, -0.1) is 11.3 Å². The van der Waals surface area contributed by atoms with Gasteiger partial charge in [0.05, 0.1) is 28.5 Å². The molecular weight excluding hydrogens is 374 g/mol. The third kappa shape index (κ3) is 3.27. The van der Waals surface area contributed by atoms with Crippen molar-refractivity contribution in [1.82, 2.24) is 14.9 Å². The highest BCUT2D eigenvalue weighted by Crippen LogP contribution is 2.43. The van der Waals surface area contributed by atoms with Gasteiger partial charge in [0.15, 0.2) is 0 Å². The number of likely N-dealkylation sites (tertiary alicyclic amines) is 1. The summed E-state index contributed by atoms with van der Waals surface area (Å²) in [6.07, 6.45) is 7.81. The zero-order valence-electron chi connectivity index (χ0n) is 15.4. The number of nitrogens with two attached hydrogens (primary N) is 1. The highest BCUT2D eigenvalue weighted by atomic mass is 32.1. The molecule has 2 aliphatic rings. The first-order chi connectivity index (χ1) is 13.5. The summed E-state index contributed by atoms with van der Waals surface area (Å²) in [4.78, 5) is 35.4. The highest BCUT2D eigenvalue weighted by Gasteiger charge is 2.40. The van der Waals surface area contributed by atoms with Crippen LogP contribution in [-0.2, 0) is 21.4 Å². The Kier molecular flexibility index (Phi) is 4.85. The van der Waals surface area contributed by atoms with Crippen molar-refractivity contribution < 1.29 is 9.59 Å². The lowest BCUT2D eigenvalue weighted by molar-refractivity contribution is -0.136. The van der Waals surface area contributed by atoms with Gasteiger partial charge in [-0.25, -0.2) is 4.98 Å². The smallest absolute Gasteiger partial charge is 0.240 e. The second kappa shape index (κ2) is 7.32. The molecule has 1 saturated carbocycles. The van der Waals surface area contributed by atoms with Crippen LogP contribution in [0.5, 0.6) is 0 Å². The maximum Gasteiger partial charge on any atom is 0.240 e. The topological polar surface area (TPSA) is 113 Å². The van der Waals surface area contributed by atoms with Crippen LogP contribution in [0.1, 0.15) is 42.8 Å². The fraction of sp³-hybridized carbons (Fsp3) is 0.450. The van der Waals surface area contributed by atoms with Crippen molar-refractivity contribution in [3.63, 3.8) is 0 Å². The zero-order valence-corrected chi connectivity index (χ0v) is 16.2. The number of amides is 2. The predicted molar refractivity (Wildman–Crippen MR) is 104 cm³/mol. The zero-order chi connectivity index (χ0) is 19.7. The van der Waals surface area contributed by atoms with E-state index >= 15 is 0 Å². The van der Waals surface area contributed by atoms with Gasteiger partial charge in [-0.2, -0.15) is 5.26 Å². The molecule has 2 aromatic rings. The number of aromatic nitrogens is 2. The third-order valence-electron chi connectivity index (χ3n) is 5.71. The summed E-state index contributed by atoms with van der Waals surface area (Å²) in [6, 6.07) is 5.78. The van der Waals surface area contributed by atoms with Gasteiger partial charge >= 0.3 is 0 Å². The number of pyridine rings is 1. The molecule has 1 atom stereocenters. The van der Waals surface area contributed by atoms with Crippen molar-refractivity contribution >= 4 is 23.2 Å². The van der Waals surface area contributed by atoms with Gasteiger partial charge in [0, 0.05) is 18.9 Å². The second-order valence-corrected chi connectivity index (χ2v) is 8.53. The lowest BCUT2D eigenvalue weighted by atomic mass is 9.67. The number of hydrogen-bond donors (Lipinski definition) is 1. The fourth-order valence-corrected chi connectivity index (χ4v) is 4.82. The molecule has 1 saturated heterocycles. The van der Waals surface area contributed by atoms with Gasteiger partial charge in [0.25, 0.3) is 0 Å². The van der Waals surface area contributed by atoms with Crippen LogP contribution >= 0.6 is 11.3 Å². The molecule has 0 aromatic carbocycles. The van der Waals surface area contributed by atoms with Crippen LogP contribution in [-0.4, -0.2) is 39.3 Å². The number of nitriles is 1. The van der Waals surface area contributed by atoms with Crippen LogP contribution in [0.25, 0.3) is 10.4 Å². The van der Waals surface area contributed by atoms with E-state index in [0.717, 1.165) is 41.8 Å². The summed E-state index contributed by atoms with van der Waals surface area (Å²) in [5.41, 5.74) is 6.71. The fourth-order valence-electron chi connectivity index (χ4n) is 3.92. The summed E-state index contributed by atoms with van der Waals surface area (Å²) < 4.78 is 0. The van der Waals surface area contributed by atoms with Crippen molar-refractivity contribution in [3.8, 4) is 16.5 Å². The van der Waals surface area contributed by atoms with Gasteiger partial charge in [-0.05, 0) is 49.8 Å². The van der Waals surface area contributed by atoms with Gasteiger partial charge in [-0.3, -0.25) is 14.6 Å². The first kappa shape index (κ1) is 18.6. The van der Waals surface area contributed by atoms with E-state index in [1.807, 2.05) is 12.1 Å². The minimum absolute atomic E-state index is 0.115. The molecule has 0 spiro atoms. The molecular formula is C20H21N5O2S. The minimum atomic E-state index is -0.501. The van der Waals surface area contributed by atoms with E-state index < -0.39 is 17.4 Å². The van der Waals surface area contributed by atoms with Crippen LogP contribution in [0.15, 0.2) is 24.5 Å². The average molecular weight is 395 g/mol. The normalized spacial score (nSPS) is 20.4. The number of primary amides is 1. The van der Waals surface area contributed by atoms with Gasteiger partial charge < -0.3 is 10.6 Å². The standard InChI is InChI=1S/C20H21N5O2S/c21-12-20(5-2-6-20)16-9-13(4-7-23-16)15-11-24-17(28-15)10-18(26)25-8-1-3-14(25)19(22)27/h4,7,9,11,14H,1-3,5-6,8,10H2,(H2,22,27)/t14-/m0/s1. The largest absolute Gasteiger partial charge is 0.368 e. The molecule has 7 nitrogen and oxygen atoms in total. The lowest BCUT2D eigenvalue weighted by Crippen LogP contribution is -2.44. The molecule has 1 aliphatic carbocycles. The Morgan fingerprint density at radius 2 is 2.18 bits per heavy atom. The van der Waals surface area contributed by atoms with E-state index in [-0.39, 0.29) is 12.3 Å². The quantitative estimate of drug-likeness (QED) is 0.833. The van der Waals surface area contributed by atoms with E-state index in [9.17, 15) is 14.9 Å². The van der Waals surface area contributed by atoms with Crippen LogP contribution in [0.4, 0.5) is 0 Å². The monoisotopic (exact) mass is 395 g/mol. The maximum absolute atomic E-state index is 12.6. The number of thiazole rings is 1. The Balaban J connectivity index is 1.50. The average Bonchev–Trinajstić information content (AvgIpc) is 3.31. The Hall–Kier alpha value is -2.79. The van der Waals surface area contributed by atoms with Crippen molar-refractivity contribution in [1.29, 1.82) is 5.26 Å². The summed E-state index contributed by atoms with van der Waals surface area (Å²) in [7, 11) is 0. The van der Waals surface area contributed by atoms with E-state index in [0.29, 0.717) is 18.0 Å². The summed E-state index contributed by atoms with van der Waals surface area (Å²) in [5, 5.41) is 10.2. The van der Waals surface area contributed by atoms with Crippen molar-refractivity contribution in [2.24, 2.45) is 5.73 Å². The third-order valence-corrected chi connectivity index (χ3v) is 6.76. The Morgan fingerprint density at radius 3 is 2.86 bits per heavy atom. The molecule has 0 unspecified atom stereocenters. The van der Waals surface area contributed by atoms with Crippen LogP contribution in [0.2, 0.25) is 0 Å². The summed E-state index contributed by atoms with van der Waals surface area (Å²) in [6.45, 7) is 0.564. The number of rotatable bonds is 5. The van der Waals surface area contributed by atoms with E-state index in [1.165, 1.54) is 11.3 Å². The van der Waals surface area contributed by atoms with Crippen LogP contribution in [0.3, 0.4) is 0 Å². The van der Waals surface area contributed by atoms with E-state index in [4.69, 9.17) is 5.73 Å². The maximum atomic E-state index is 12.6. The van der Waals surface area contributed by atoms with Gasteiger partial charge in [-0.1, -0.05) is 0 Å². The number of carbonyl (C=O) groups is 2. The molecule has 0 bridgehead atoms. The van der Waals surface area contributed by atoms with Crippen molar-refractivity contribution in [2.75, 3.05) is 6.54 Å². The van der Waals surface area contributed by atoms with Crippen LogP contribution < -0.4 is 5.73 Å². The Morgan fingerprint density at radius 1 is 1.36 bits per heavy atom. The van der Waals surface area contributed by atoms with Crippen LogP contribution in [0, 0.1) is 11.3 Å². The molecule has 4 rings (SSSR count). The molecule has 3 heterocycles. The minimum Gasteiger partial charge on any atom is -0.368 e. The molecule has 0 radical (unpaired) electrons. The first-order valence-electron chi connectivity index (χ1n) is 9.44. The second-order valence-electron chi connectivity index (χ2n) is 7.42. The molecule has 2 amide bonds. The summed E-state index contributed by atoms with van der Waals surface area (Å²) >= 11 is 1.45. The Bertz CT molecular complexity index is 960. The SMILES string of the molecule is N#CC1(c2cc(-c3cnc(CC(=O)N4CCC[C@H]4C(N)=O)s3)ccn2)CCC1. The number of carbonyl (C=O) groups excluding carboxylic acids is 2. The lowest BCUT2D eigenvalue weighted by Gasteiger charge is -2.34. The number of nitrogens with zero attached hydrogens (tertiary/aromatic N) is 4. The molecule has 144 valence electrons. The molecule has 28 heavy (non-hydrogen) atoms. The highest BCUT2D eigenvalue weighted by molar-refractivity contribution is 7.15. The molecule has 2 aromatic heterocycles. The predicted octanol–water partition coefficient (Wildman–Crippen LogP) is 2.17. The molecule has 1 aliphatic heterocycles. The van der Waals surface area contributed by atoms with E-state index in [2.05, 4.69) is 16.0 Å². The first-order valence-corrected chi connectivity index (χ1v) is 10.3. The molecule has 2 fully saturated rings. The number of hydrogen-bond acceptors (Lipinski definition) is 6. The van der Waals surface area contributed by atoms with Crippen molar-refractivity contribution in [3.05, 3.63) is 35.2 Å². The van der Waals surface area contributed by atoms with E-state index in [1.54, 1.807) is 17.3 Å². The molecule has 8 heteroatoms.